The van der Waals surface area contributed by atoms with E-state index in [0.717, 1.165) is 25.7 Å². The van der Waals surface area contributed by atoms with E-state index in [4.69, 9.17) is 11.6 Å². The molecule has 2 fully saturated rings. The van der Waals surface area contributed by atoms with E-state index in [2.05, 4.69) is 0 Å². The highest BCUT2D eigenvalue weighted by Gasteiger charge is 2.43. The molecule has 76 valence electrons. The summed E-state index contributed by atoms with van der Waals surface area (Å²) in [7, 11) is -2.98. The maximum Gasteiger partial charge on any atom is 0.217 e. The number of nitrogens with zero attached hydrogens (tertiary/aromatic N) is 1. The Balaban J connectivity index is 2.14. The fraction of sp³-hybridized carbons (Fsp3) is 1.00. The van der Waals surface area contributed by atoms with Gasteiger partial charge in [-0.25, -0.2) is 8.42 Å². The van der Waals surface area contributed by atoms with Crippen LogP contribution in [-0.4, -0.2) is 36.4 Å². The molecule has 1 saturated heterocycles. The van der Waals surface area contributed by atoms with E-state index < -0.39 is 10.0 Å². The van der Waals surface area contributed by atoms with Crippen molar-refractivity contribution < 1.29 is 8.42 Å². The molecule has 5 heteroatoms. The molecule has 0 bridgehead atoms. The highest BCUT2D eigenvalue weighted by Crippen LogP contribution is 2.34. The molecule has 1 heterocycles. The van der Waals surface area contributed by atoms with E-state index in [1.807, 2.05) is 0 Å². The number of rotatable bonds is 3. The predicted octanol–water partition coefficient (Wildman–Crippen LogP) is 1.18. The normalized spacial score (nSPS) is 31.0. The fourth-order valence-corrected chi connectivity index (χ4v) is 4.35. The van der Waals surface area contributed by atoms with Gasteiger partial charge in [-0.3, -0.25) is 0 Å². The third-order valence-electron chi connectivity index (χ3n) is 2.77. The lowest BCUT2D eigenvalue weighted by atomic mass is 10.3. The van der Waals surface area contributed by atoms with Gasteiger partial charge < -0.3 is 0 Å². The van der Waals surface area contributed by atoms with Gasteiger partial charge in [-0.1, -0.05) is 0 Å². The second kappa shape index (κ2) is 3.41. The van der Waals surface area contributed by atoms with Crippen LogP contribution in [0.4, 0.5) is 0 Å². The standard InChI is InChI=1S/C8H14ClNO2S/c9-6-7-2-1-5-10(7)13(11,12)8-3-4-8/h7-8H,1-6H2. The lowest BCUT2D eigenvalue weighted by Gasteiger charge is -2.21. The summed E-state index contributed by atoms with van der Waals surface area (Å²) in [6, 6.07) is 0.0623. The Bertz CT molecular complexity index is 287. The molecule has 0 aromatic rings. The summed E-state index contributed by atoms with van der Waals surface area (Å²) in [6.07, 6.45) is 3.57. The van der Waals surface area contributed by atoms with Crippen LogP contribution in [0, 0.1) is 0 Å². The van der Waals surface area contributed by atoms with E-state index >= 15 is 0 Å². The van der Waals surface area contributed by atoms with Crippen LogP contribution in [-0.2, 0) is 10.0 Å². The quantitative estimate of drug-likeness (QED) is 0.674. The Kier molecular flexibility index (Phi) is 2.55. The first kappa shape index (κ1) is 9.74. The third kappa shape index (κ3) is 1.72. The predicted molar refractivity (Wildman–Crippen MR) is 52.4 cm³/mol. The molecular weight excluding hydrogens is 210 g/mol. The van der Waals surface area contributed by atoms with Crippen LogP contribution in [0.25, 0.3) is 0 Å². The molecule has 13 heavy (non-hydrogen) atoms. The highest BCUT2D eigenvalue weighted by molar-refractivity contribution is 7.90. The number of halogens is 1. The molecule has 2 aliphatic rings. The molecule has 1 saturated carbocycles. The maximum atomic E-state index is 11.8. The third-order valence-corrected chi connectivity index (χ3v) is 5.58. The Labute approximate surface area is 84.1 Å². The monoisotopic (exact) mass is 223 g/mol. The highest BCUT2D eigenvalue weighted by atomic mass is 35.5. The Hall–Kier alpha value is 0.200. The minimum absolute atomic E-state index is 0.0623. The van der Waals surface area contributed by atoms with Crippen LogP contribution in [0.15, 0.2) is 0 Å². The van der Waals surface area contributed by atoms with Crippen LogP contribution in [0.2, 0.25) is 0 Å². The van der Waals surface area contributed by atoms with Gasteiger partial charge in [-0.05, 0) is 25.7 Å². The van der Waals surface area contributed by atoms with Crippen LogP contribution in [0.5, 0.6) is 0 Å². The van der Waals surface area contributed by atoms with Crippen LogP contribution in [0.1, 0.15) is 25.7 Å². The molecule has 0 aromatic carbocycles. The Morgan fingerprint density at radius 1 is 1.31 bits per heavy atom. The second-order valence-corrected chi connectivity index (χ2v) is 6.28. The molecule has 1 atom stereocenters. The zero-order valence-corrected chi connectivity index (χ0v) is 9.02. The summed E-state index contributed by atoms with van der Waals surface area (Å²) in [4.78, 5) is 0. The first-order valence-corrected chi connectivity index (χ1v) is 6.76. The SMILES string of the molecule is O=S(=O)(C1CC1)N1CCCC1CCl. The Morgan fingerprint density at radius 2 is 2.00 bits per heavy atom. The zero-order chi connectivity index (χ0) is 9.47. The van der Waals surface area contributed by atoms with Gasteiger partial charge in [0.05, 0.1) is 5.25 Å². The minimum atomic E-state index is -2.98. The lowest BCUT2D eigenvalue weighted by Crippen LogP contribution is -2.38. The van der Waals surface area contributed by atoms with E-state index in [9.17, 15) is 8.42 Å². The number of sulfonamides is 1. The van der Waals surface area contributed by atoms with Crippen molar-refractivity contribution in [2.45, 2.75) is 37.0 Å². The second-order valence-electron chi connectivity index (χ2n) is 3.81. The number of hydrogen-bond donors (Lipinski definition) is 0. The van der Waals surface area contributed by atoms with Crippen molar-refractivity contribution in [3.63, 3.8) is 0 Å². The molecule has 0 radical (unpaired) electrons. The van der Waals surface area contributed by atoms with Gasteiger partial charge in [-0.2, -0.15) is 4.31 Å². The van der Waals surface area contributed by atoms with Gasteiger partial charge in [-0.15, -0.1) is 11.6 Å². The van der Waals surface area contributed by atoms with E-state index in [0.29, 0.717) is 12.4 Å². The summed E-state index contributed by atoms with van der Waals surface area (Å²) >= 11 is 5.73. The fourth-order valence-electron chi connectivity index (χ4n) is 1.86. The smallest absolute Gasteiger partial charge is 0.212 e. The summed E-state index contributed by atoms with van der Waals surface area (Å²) in [6.45, 7) is 0.677. The van der Waals surface area contributed by atoms with Crippen molar-refractivity contribution >= 4 is 21.6 Å². The average Bonchev–Trinajstić information content (AvgIpc) is 2.84. The van der Waals surface area contributed by atoms with Crippen molar-refractivity contribution in [1.82, 2.24) is 4.31 Å². The van der Waals surface area contributed by atoms with Gasteiger partial charge in [0.25, 0.3) is 0 Å². The molecule has 1 unspecified atom stereocenters. The lowest BCUT2D eigenvalue weighted by molar-refractivity contribution is 0.410. The molecule has 2 rings (SSSR count). The molecule has 3 nitrogen and oxygen atoms in total. The zero-order valence-electron chi connectivity index (χ0n) is 7.45. The van der Waals surface area contributed by atoms with E-state index in [1.165, 1.54) is 0 Å². The largest absolute Gasteiger partial charge is 0.217 e. The van der Waals surface area contributed by atoms with Crippen molar-refractivity contribution in [2.24, 2.45) is 0 Å². The van der Waals surface area contributed by atoms with Gasteiger partial charge in [0, 0.05) is 18.5 Å². The summed E-state index contributed by atoms with van der Waals surface area (Å²) in [5.41, 5.74) is 0. The van der Waals surface area contributed by atoms with Crippen molar-refractivity contribution in [3.05, 3.63) is 0 Å². The summed E-state index contributed by atoms with van der Waals surface area (Å²) in [5.74, 6) is 0.436. The average molecular weight is 224 g/mol. The van der Waals surface area contributed by atoms with Crippen LogP contribution < -0.4 is 0 Å². The van der Waals surface area contributed by atoms with E-state index in [1.54, 1.807) is 4.31 Å². The summed E-state index contributed by atoms with van der Waals surface area (Å²) in [5, 5.41) is -0.0867. The van der Waals surface area contributed by atoms with Crippen LogP contribution in [0.3, 0.4) is 0 Å². The van der Waals surface area contributed by atoms with Crippen molar-refractivity contribution in [2.75, 3.05) is 12.4 Å². The van der Waals surface area contributed by atoms with Gasteiger partial charge in [0.15, 0.2) is 0 Å². The molecule has 0 amide bonds. The molecular formula is C8H14ClNO2S. The topological polar surface area (TPSA) is 37.4 Å². The molecule has 1 aliphatic heterocycles. The van der Waals surface area contributed by atoms with Gasteiger partial charge >= 0.3 is 0 Å². The summed E-state index contributed by atoms with van der Waals surface area (Å²) < 4.78 is 25.3. The van der Waals surface area contributed by atoms with Crippen molar-refractivity contribution in [3.8, 4) is 0 Å². The van der Waals surface area contributed by atoms with Gasteiger partial charge in [0.2, 0.25) is 10.0 Å². The van der Waals surface area contributed by atoms with Crippen LogP contribution >= 0.6 is 11.6 Å². The molecule has 1 aliphatic carbocycles. The first-order chi connectivity index (χ1) is 6.16. The minimum Gasteiger partial charge on any atom is -0.212 e. The molecule has 0 aromatic heterocycles. The maximum absolute atomic E-state index is 11.8. The van der Waals surface area contributed by atoms with Crippen molar-refractivity contribution in [1.29, 1.82) is 0 Å². The molecule has 0 spiro atoms. The number of hydrogen-bond acceptors (Lipinski definition) is 2. The van der Waals surface area contributed by atoms with Gasteiger partial charge in [0.1, 0.15) is 0 Å². The number of alkyl halides is 1. The molecule has 0 N–H and O–H groups in total. The Morgan fingerprint density at radius 3 is 2.54 bits per heavy atom. The first-order valence-electron chi connectivity index (χ1n) is 4.73. The van der Waals surface area contributed by atoms with E-state index in [-0.39, 0.29) is 11.3 Å².